The molecule has 1 N–H and O–H groups in total. The van der Waals surface area contributed by atoms with E-state index in [0.29, 0.717) is 12.1 Å². The van der Waals surface area contributed by atoms with Gasteiger partial charge in [-0.2, -0.15) is 0 Å². The third kappa shape index (κ3) is 2.99. The number of rotatable bonds is 4. The molecule has 4 rings (SSSR count). The van der Waals surface area contributed by atoms with Gasteiger partial charge in [0.1, 0.15) is 0 Å². The molecule has 0 aromatic heterocycles. The fourth-order valence-corrected chi connectivity index (χ4v) is 4.40. The molecule has 0 bridgehead atoms. The van der Waals surface area contributed by atoms with E-state index >= 15 is 0 Å². The highest BCUT2D eigenvalue weighted by atomic mass is 35.5. The van der Waals surface area contributed by atoms with E-state index in [-0.39, 0.29) is 0 Å². The molecule has 21 heavy (non-hydrogen) atoms. The van der Waals surface area contributed by atoms with Gasteiger partial charge in [0.15, 0.2) is 0 Å². The monoisotopic (exact) mass is 304 g/mol. The summed E-state index contributed by atoms with van der Waals surface area (Å²) >= 11 is 6.05. The largest absolute Gasteiger partial charge is 0.305 e. The van der Waals surface area contributed by atoms with E-state index in [1.165, 1.54) is 57.2 Å². The van der Waals surface area contributed by atoms with Crippen LogP contribution in [0.25, 0.3) is 0 Å². The van der Waals surface area contributed by atoms with Gasteiger partial charge in [-0.25, -0.2) is 0 Å². The molecule has 1 aromatic carbocycles. The van der Waals surface area contributed by atoms with Gasteiger partial charge in [0, 0.05) is 29.7 Å². The number of piperidine rings is 1. The summed E-state index contributed by atoms with van der Waals surface area (Å²) in [6.07, 6.45) is 8.26. The highest BCUT2D eigenvalue weighted by Gasteiger charge is 2.39. The lowest BCUT2D eigenvalue weighted by Crippen LogP contribution is -2.46. The number of halogens is 1. The number of hydrogen-bond acceptors (Lipinski definition) is 2. The van der Waals surface area contributed by atoms with Crippen molar-refractivity contribution in [3.63, 3.8) is 0 Å². The second-order valence-corrected chi connectivity index (χ2v) is 7.46. The van der Waals surface area contributed by atoms with E-state index < -0.39 is 0 Å². The molecule has 3 heteroatoms. The quantitative estimate of drug-likeness (QED) is 0.904. The molecule has 2 saturated heterocycles. The summed E-state index contributed by atoms with van der Waals surface area (Å²) in [5.74, 6) is 0.837. The summed E-state index contributed by atoms with van der Waals surface area (Å²) in [6.45, 7) is 2.61. The van der Waals surface area contributed by atoms with Crippen LogP contribution in [0, 0.1) is 5.92 Å². The summed E-state index contributed by atoms with van der Waals surface area (Å²) < 4.78 is 0. The van der Waals surface area contributed by atoms with Crippen LogP contribution >= 0.6 is 11.6 Å². The van der Waals surface area contributed by atoms with Crippen LogP contribution in [0.15, 0.2) is 24.3 Å². The smallest absolute Gasteiger partial charge is 0.0406 e. The second-order valence-electron chi connectivity index (χ2n) is 7.03. The maximum absolute atomic E-state index is 6.05. The Morgan fingerprint density at radius 2 is 1.81 bits per heavy atom. The normalized spacial score (nSPS) is 31.1. The fourth-order valence-electron chi connectivity index (χ4n) is 4.28. The van der Waals surface area contributed by atoms with Crippen LogP contribution in [0.4, 0.5) is 0 Å². The van der Waals surface area contributed by atoms with Crippen LogP contribution in [-0.4, -0.2) is 30.1 Å². The van der Waals surface area contributed by atoms with Gasteiger partial charge in [-0.3, -0.25) is 4.90 Å². The Balaban J connectivity index is 1.49. The molecule has 2 nitrogen and oxygen atoms in total. The maximum atomic E-state index is 6.05. The summed E-state index contributed by atoms with van der Waals surface area (Å²) in [5, 5.41) is 4.87. The van der Waals surface area contributed by atoms with Crippen molar-refractivity contribution in [2.24, 2.45) is 5.92 Å². The van der Waals surface area contributed by atoms with Gasteiger partial charge >= 0.3 is 0 Å². The molecular formula is C18H25ClN2. The van der Waals surface area contributed by atoms with Gasteiger partial charge in [0.25, 0.3) is 0 Å². The number of nitrogens with one attached hydrogen (secondary N) is 1. The Morgan fingerprint density at radius 1 is 1.00 bits per heavy atom. The third-order valence-electron chi connectivity index (χ3n) is 5.57. The van der Waals surface area contributed by atoms with Gasteiger partial charge in [-0.15, -0.1) is 0 Å². The number of nitrogens with zero attached hydrogens (tertiary/aromatic N) is 1. The molecule has 0 radical (unpaired) electrons. The van der Waals surface area contributed by atoms with Crippen LogP contribution in [0.5, 0.6) is 0 Å². The van der Waals surface area contributed by atoms with Crippen LogP contribution in [-0.2, 0) is 0 Å². The van der Waals surface area contributed by atoms with Crippen molar-refractivity contribution in [3.8, 4) is 0 Å². The Bertz CT molecular complexity index is 482. The van der Waals surface area contributed by atoms with Crippen molar-refractivity contribution in [3.05, 3.63) is 34.9 Å². The van der Waals surface area contributed by atoms with Crippen molar-refractivity contribution in [2.45, 2.75) is 56.7 Å². The molecule has 2 aliphatic heterocycles. The Hall–Kier alpha value is -0.570. The number of benzene rings is 1. The van der Waals surface area contributed by atoms with Gasteiger partial charge in [-0.1, -0.05) is 30.2 Å². The first-order chi connectivity index (χ1) is 10.3. The zero-order valence-electron chi connectivity index (χ0n) is 12.6. The van der Waals surface area contributed by atoms with E-state index in [1.54, 1.807) is 0 Å². The van der Waals surface area contributed by atoms with Gasteiger partial charge in [0.2, 0.25) is 0 Å². The van der Waals surface area contributed by atoms with Crippen LogP contribution < -0.4 is 5.32 Å². The highest BCUT2D eigenvalue weighted by Crippen LogP contribution is 2.42. The predicted octanol–water partition coefficient (Wildman–Crippen LogP) is 4.01. The average Bonchev–Trinajstić information content (AvgIpc) is 3.27. The second kappa shape index (κ2) is 5.91. The van der Waals surface area contributed by atoms with Crippen LogP contribution in [0.2, 0.25) is 5.02 Å². The minimum atomic E-state index is 0.536. The summed E-state index contributed by atoms with van der Waals surface area (Å²) in [5.41, 5.74) is 1.43. The van der Waals surface area contributed by atoms with Crippen molar-refractivity contribution >= 4 is 11.6 Å². The summed E-state index contributed by atoms with van der Waals surface area (Å²) in [7, 11) is 0. The molecule has 2 heterocycles. The van der Waals surface area contributed by atoms with Crippen molar-refractivity contribution in [1.29, 1.82) is 0 Å². The van der Waals surface area contributed by atoms with Crippen LogP contribution in [0.3, 0.4) is 0 Å². The zero-order chi connectivity index (χ0) is 14.2. The molecule has 114 valence electrons. The predicted molar refractivity (Wildman–Crippen MR) is 87.7 cm³/mol. The molecule has 3 fully saturated rings. The van der Waals surface area contributed by atoms with E-state index in [1.807, 2.05) is 12.1 Å². The maximum Gasteiger partial charge on any atom is 0.0406 e. The zero-order valence-corrected chi connectivity index (χ0v) is 13.4. The van der Waals surface area contributed by atoms with Gasteiger partial charge < -0.3 is 5.32 Å². The summed E-state index contributed by atoms with van der Waals surface area (Å²) in [4.78, 5) is 2.72. The lowest BCUT2D eigenvalue weighted by molar-refractivity contribution is 0.175. The Morgan fingerprint density at radius 3 is 2.57 bits per heavy atom. The first kappa shape index (κ1) is 14.0. The number of hydrogen-bond donors (Lipinski definition) is 1. The molecule has 1 aromatic rings. The molecule has 1 saturated carbocycles. The van der Waals surface area contributed by atoms with E-state index in [2.05, 4.69) is 22.3 Å². The van der Waals surface area contributed by atoms with Crippen molar-refractivity contribution < 1.29 is 0 Å². The lowest BCUT2D eigenvalue weighted by Gasteiger charge is -2.34. The van der Waals surface area contributed by atoms with E-state index in [0.717, 1.165) is 17.0 Å². The molecule has 1 aliphatic carbocycles. The van der Waals surface area contributed by atoms with Gasteiger partial charge in [0.05, 0.1) is 0 Å². The minimum Gasteiger partial charge on any atom is -0.305 e. The molecule has 3 aliphatic rings. The molecule has 0 spiro atoms. The third-order valence-corrected chi connectivity index (χ3v) is 5.82. The molecular weight excluding hydrogens is 280 g/mol. The Labute approximate surface area is 132 Å². The first-order valence-corrected chi connectivity index (χ1v) is 8.94. The van der Waals surface area contributed by atoms with E-state index in [9.17, 15) is 0 Å². The molecule has 3 unspecified atom stereocenters. The molecule has 0 amide bonds. The SMILES string of the molecule is Clc1ccc(C(NC2CCN3CCCCC23)C2CC2)cc1. The summed E-state index contributed by atoms with van der Waals surface area (Å²) in [6, 6.07) is 10.5. The molecule has 3 atom stereocenters. The lowest BCUT2D eigenvalue weighted by atomic mass is 9.95. The topological polar surface area (TPSA) is 15.3 Å². The number of fused-ring (bicyclic) bond motifs is 1. The van der Waals surface area contributed by atoms with E-state index in [4.69, 9.17) is 11.6 Å². The van der Waals surface area contributed by atoms with Crippen molar-refractivity contribution in [1.82, 2.24) is 10.2 Å². The van der Waals surface area contributed by atoms with Crippen molar-refractivity contribution in [2.75, 3.05) is 13.1 Å². The van der Waals surface area contributed by atoms with Crippen LogP contribution in [0.1, 0.15) is 50.1 Å². The first-order valence-electron chi connectivity index (χ1n) is 8.57. The highest BCUT2D eigenvalue weighted by molar-refractivity contribution is 6.30. The minimum absolute atomic E-state index is 0.536. The van der Waals surface area contributed by atoms with Gasteiger partial charge in [-0.05, 0) is 62.3 Å². The standard InChI is InChI=1S/C18H25ClN2/c19-15-8-6-14(7-9-15)18(13-4-5-13)20-16-10-12-21-11-2-1-3-17(16)21/h6-9,13,16-18,20H,1-5,10-12H2. The fraction of sp³-hybridized carbons (Fsp3) is 0.667. The Kier molecular flexibility index (Phi) is 3.95. The average molecular weight is 305 g/mol.